The van der Waals surface area contributed by atoms with E-state index in [1.807, 2.05) is 47.3 Å². The van der Waals surface area contributed by atoms with E-state index in [4.69, 9.17) is 10.5 Å². The number of nitrogens with zero attached hydrogens (tertiary/aromatic N) is 4. The van der Waals surface area contributed by atoms with Gasteiger partial charge in [0.1, 0.15) is 0 Å². The van der Waals surface area contributed by atoms with E-state index in [9.17, 15) is 9.59 Å². The number of aromatic nitrogens is 3. The molecule has 27 heavy (non-hydrogen) atoms. The molecule has 0 bridgehead atoms. The van der Waals surface area contributed by atoms with Crippen molar-refractivity contribution in [3.8, 4) is 0 Å². The number of nitrogen functional groups attached to an aromatic ring is 1. The molecule has 0 radical (unpaired) electrons. The zero-order valence-corrected chi connectivity index (χ0v) is 15.3. The molecule has 0 aliphatic heterocycles. The first-order chi connectivity index (χ1) is 13.0. The number of anilines is 1. The number of amides is 1. The van der Waals surface area contributed by atoms with Gasteiger partial charge in [-0.2, -0.15) is 4.99 Å². The van der Waals surface area contributed by atoms with Crippen molar-refractivity contribution >= 4 is 29.0 Å². The summed E-state index contributed by atoms with van der Waals surface area (Å²) in [4.78, 5) is 36.1. The molecule has 0 spiro atoms. The molecular formula is C18H17N5O3S. The molecule has 0 atom stereocenters. The molecule has 2 heterocycles. The molecule has 1 aromatic carbocycles. The lowest BCUT2D eigenvalue weighted by Gasteiger charge is -2.04. The number of ether oxygens (including phenoxy) is 1. The van der Waals surface area contributed by atoms with E-state index in [0.717, 1.165) is 5.56 Å². The van der Waals surface area contributed by atoms with Gasteiger partial charge in [-0.15, -0.1) is 11.3 Å². The number of benzene rings is 1. The first kappa shape index (κ1) is 18.5. The van der Waals surface area contributed by atoms with Crippen LogP contribution in [0.15, 0.2) is 53.2 Å². The number of rotatable bonds is 5. The minimum absolute atomic E-state index is 0.0546. The third-order valence-corrected chi connectivity index (χ3v) is 4.39. The molecule has 0 fully saturated rings. The van der Waals surface area contributed by atoms with Crippen LogP contribution in [-0.2, 0) is 16.1 Å². The van der Waals surface area contributed by atoms with Crippen molar-refractivity contribution in [2.24, 2.45) is 4.99 Å². The SMILES string of the molecule is Cc1ccc(Cn2ccsc2=NC(=O)COC(=O)c2nccnc2N)cc1. The van der Waals surface area contributed by atoms with Crippen LogP contribution in [0.3, 0.4) is 0 Å². The van der Waals surface area contributed by atoms with Crippen molar-refractivity contribution in [1.29, 1.82) is 0 Å². The van der Waals surface area contributed by atoms with E-state index >= 15 is 0 Å². The Morgan fingerprint density at radius 1 is 1.22 bits per heavy atom. The molecule has 0 aliphatic rings. The highest BCUT2D eigenvalue weighted by Crippen LogP contribution is 2.06. The van der Waals surface area contributed by atoms with Crippen LogP contribution in [0.5, 0.6) is 0 Å². The zero-order chi connectivity index (χ0) is 19.2. The van der Waals surface area contributed by atoms with Crippen molar-refractivity contribution in [3.63, 3.8) is 0 Å². The molecule has 2 aromatic heterocycles. The first-order valence-electron chi connectivity index (χ1n) is 8.03. The molecule has 2 N–H and O–H groups in total. The summed E-state index contributed by atoms with van der Waals surface area (Å²) in [5, 5.41) is 1.84. The molecule has 3 rings (SSSR count). The first-order valence-corrected chi connectivity index (χ1v) is 8.91. The molecule has 1 amide bonds. The molecule has 138 valence electrons. The third kappa shape index (κ3) is 4.85. The second kappa shape index (κ2) is 8.37. The summed E-state index contributed by atoms with van der Waals surface area (Å²) in [5.74, 6) is -1.45. The van der Waals surface area contributed by atoms with Crippen molar-refractivity contribution in [1.82, 2.24) is 14.5 Å². The van der Waals surface area contributed by atoms with Gasteiger partial charge in [-0.1, -0.05) is 29.8 Å². The predicted molar refractivity (Wildman–Crippen MR) is 99.9 cm³/mol. The van der Waals surface area contributed by atoms with Gasteiger partial charge >= 0.3 is 5.97 Å². The van der Waals surface area contributed by atoms with Crippen LogP contribution in [0.1, 0.15) is 21.6 Å². The van der Waals surface area contributed by atoms with Gasteiger partial charge in [0.15, 0.2) is 22.9 Å². The van der Waals surface area contributed by atoms with Crippen molar-refractivity contribution < 1.29 is 14.3 Å². The maximum absolute atomic E-state index is 12.1. The van der Waals surface area contributed by atoms with E-state index < -0.39 is 18.5 Å². The summed E-state index contributed by atoms with van der Waals surface area (Å²) in [5.41, 5.74) is 7.70. The number of nitrogens with two attached hydrogens (primary N) is 1. The summed E-state index contributed by atoms with van der Waals surface area (Å²) >= 11 is 1.33. The highest BCUT2D eigenvalue weighted by atomic mass is 32.1. The summed E-state index contributed by atoms with van der Waals surface area (Å²) in [7, 11) is 0. The van der Waals surface area contributed by atoms with E-state index in [1.165, 1.54) is 29.3 Å². The lowest BCUT2D eigenvalue weighted by Crippen LogP contribution is -2.20. The number of hydrogen-bond acceptors (Lipinski definition) is 7. The Bertz CT molecular complexity index is 1020. The fourth-order valence-electron chi connectivity index (χ4n) is 2.24. The van der Waals surface area contributed by atoms with Gasteiger partial charge in [0.05, 0.1) is 0 Å². The summed E-state index contributed by atoms with van der Waals surface area (Å²) < 4.78 is 6.78. The Kier molecular flexibility index (Phi) is 5.72. The molecule has 0 saturated heterocycles. The number of thiazole rings is 1. The smallest absolute Gasteiger partial charge is 0.361 e. The fourth-order valence-corrected chi connectivity index (χ4v) is 2.98. The van der Waals surface area contributed by atoms with Crippen LogP contribution < -0.4 is 10.5 Å². The maximum atomic E-state index is 12.1. The fraction of sp³-hybridized carbons (Fsp3) is 0.167. The van der Waals surface area contributed by atoms with Crippen LogP contribution in [0.2, 0.25) is 0 Å². The summed E-state index contributed by atoms with van der Waals surface area (Å²) in [6.45, 7) is 2.11. The number of esters is 1. The number of hydrogen-bond donors (Lipinski definition) is 1. The highest BCUT2D eigenvalue weighted by molar-refractivity contribution is 7.07. The monoisotopic (exact) mass is 383 g/mol. The zero-order valence-electron chi connectivity index (χ0n) is 14.5. The van der Waals surface area contributed by atoms with Crippen molar-refractivity contribution in [2.75, 3.05) is 12.3 Å². The summed E-state index contributed by atoms with van der Waals surface area (Å²) in [6, 6.07) is 8.11. The van der Waals surface area contributed by atoms with E-state index in [-0.39, 0.29) is 11.5 Å². The summed E-state index contributed by atoms with van der Waals surface area (Å²) in [6.07, 6.45) is 4.53. The molecule has 0 unspecified atom stereocenters. The van der Waals surface area contributed by atoms with Gasteiger partial charge < -0.3 is 15.0 Å². The average Bonchev–Trinajstić information content (AvgIpc) is 3.08. The third-order valence-electron chi connectivity index (χ3n) is 3.60. The quantitative estimate of drug-likeness (QED) is 0.669. The van der Waals surface area contributed by atoms with Crippen LogP contribution in [-0.4, -0.2) is 33.0 Å². The number of aryl methyl sites for hydroxylation is 1. The molecule has 0 aliphatic carbocycles. The standard InChI is InChI=1S/C18H17N5O3S/c1-12-2-4-13(5-3-12)10-23-8-9-27-18(23)22-14(24)11-26-17(25)15-16(19)21-7-6-20-15/h2-9H,10-11H2,1H3,(H2,19,21). The van der Waals surface area contributed by atoms with Crippen molar-refractivity contribution in [2.45, 2.75) is 13.5 Å². The Hall–Kier alpha value is -3.33. The Balaban J connectivity index is 1.66. The molecule has 9 heteroatoms. The van der Waals surface area contributed by atoms with Gasteiger partial charge in [0.25, 0.3) is 5.91 Å². The predicted octanol–water partition coefficient (Wildman–Crippen LogP) is 1.56. The lowest BCUT2D eigenvalue weighted by molar-refractivity contribution is -0.121. The Morgan fingerprint density at radius 3 is 2.70 bits per heavy atom. The largest absolute Gasteiger partial charge is 0.451 e. The Morgan fingerprint density at radius 2 is 1.96 bits per heavy atom. The number of carbonyl (C=O) groups is 2. The van der Waals surface area contributed by atoms with Crippen molar-refractivity contribution in [3.05, 3.63) is 69.9 Å². The molecule has 3 aromatic rings. The van der Waals surface area contributed by atoms with Crippen LogP contribution in [0.4, 0.5) is 5.82 Å². The van der Waals surface area contributed by atoms with Gasteiger partial charge in [0.2, 0.25) is 0 Å². The topological polar surface area (TPSA) is 112 Å². The van der Waals surface area contributed by atoms with Crippen LogP contribution >= 0.6 is 11.3 Å². The Labute approximate surface area is 159 Å². The normalized spacial score (nSPS) is 11.4. The second-order valence-corrected chi connectivity index (χ2v) is 6.54. The lowest BCUT2D eigenvalue weighted by atomic mass is 10.1. The minimum atomic E-state index is -0.817. The highest BCUT2D eigenvalue weighted by Gasteiger charge is 2.15. The van der Waals surface area contributed by atoms with Gasteiger partial charge in [-0.3, -0.25) is 4.79 Å². The van der Waals surface area contributed by atoms with Gasteiger partial charge in [-0.05, 0) is 12.5 Å². The van der Waals surface area contributed by atoms with Crippen LogP contribution in [0, 0.1) is 6.92 Å². The van der Waals surface area contributed by atoms with E-state index in [2.05, 4.69) is 15.0 Å². The van der Waals surface area contributed by atoms with Gasteiger partial charge in [0, 0.05) is 30.5 Å². The molecule has 0 saturated carbocycles. The van der Waals surface area contributed by atoms with E-state index in [1.54, 1.807) is 0 Å². The minimum Gasteiger partial charge on any atom is -0.451 e. The molecule has 8 nitrogen and oxygen atoms in total. The molecular weight excluding hydrogens is 366 g/mol. The average molecular weight is 383 g/mol. The van der Waals surface area contributed by atoms with E-state index in [0.29, 0.717) is 11.3 Å². The number of carbonyl (C=O) groups excluding carboxylic acids is 2. The van der Waals surface area contributed by atoms with Crippen LogP contribution in [0.25, 0.3) is 0 Å². The second-order valence-electron chi connectivity index (χ2n) is 5.67. The maximum Gasteiger partial charge on any atom is 0.361 e. The van der Waals surface area contributed by atoms with Gasteiger partial charge in [-0.25, -0.2) is 14.8 Å².